The third kappa shape index (κ3) is 3.80. The molecule has 1 aliphatic rings. The molecule has 0 fully saturated rings. The first-order chi connectivity index (χ1) is 13.2. The van der Waals surface area contributed by atoms with E-state index in [4.69, 9.17) is 9.47 Å². The van der Waals surface area contributed by atoms with E-state index in [1.54, 1.807) is 6.07 Å². The highest BCUT2D eigenvalue weighted by atomic mass is 16.5. The summed E-state index contributed by atoms with van der Waals surface area (Å²) < 4.78 is 11.4. The summed E-state index contributed by atoms with van der Waals surface area (Å²) in [6.45, 7) is 0.556. The number of carbonyl (C=O) groups excluding carboxylic acids is 1. The van der Waals surface area contributed by atoms with E-state index in [2.05, 4.69) is 12.1 Å². The lowest BCUT2D eigenvalue weighted by Gasteiger charge is -2.26. The van der Waals surface area contributed by atoms with E-state index >= 15 is 0 Å². The second-order valence-electron chi connectivity index (χ2n) is 6.57. The van der Waals surface area contributed by atoms with Gasteiger partial charge in [-0.25, -0.2) is 0 Å². The minimum Gasteiger partial charge on any atom is -0.508 e. The van der Waals surface area contributed by atoms with Crippen molar-refractivity contribution in [3.8, 4) is 17.2 Å². The Hall–Kier alpha value is -3.27. The zero-order chi connectivity index (χ0) is 18.6. The summed E-state index contributed by atoms with van der Waals surface area (Å²) in [5.74, 6) is 0.795. The van der Waals surface area contributed by atoms with Gasteiger partial charge in [0.05, 0.1) is 13.0 Å². The molecule has 3 aromatic carbocycles. The standard InChI is InChI=1S/C23H20O4/c24-17-10-11-19-20(15-23(25)27-22(19)14-17)18-8-4-5-9-21(18)26-13-12-16-6-2-1-3-7-16/h1-11,14,20,24H,12-13,15H2. The summed E-state index contributed by atoms with van der Waals surface area (Å²) >= 11 is 0. The van der Waals surface area contributed by atoms with Crippen LogP contribution in [0.4, 0.5) is 0 Å². The van der Waals surface area contributed by atoms with Crippen LogP contribution < -0.4 is 9.47 Å². The molecule has 0 saturated heterocycles. The Labute approximate surface area is 158 Å². The van der Waals surface area contributed by atoms with Gasteiger partial charge in [0.2, 0.25) is 0 Å². The number of phenols is 1. The van der Waals surface area contributed by atoms with E-state index in [0.29, 0.717) is 12.4 Å². The summed E-state index contributed by atoms with van der Waals surface area (Å²) in [5, 5.41) is 9.69. The fourth-order valence-electron chi connectivity index (χ4n) is 3.44. The summed E-state index contributed by atoms with van der Waals surface area (Å²) in [7, 11) is 0. The van der Waals surface area contributed by atoms with Gasteiger partial charge in [-0.3, -0.25) is 4.79 Å². The van der Waals surface area contributed by atoms with Crippen LogP contribution in [-0.4, -0.2) is 17.7 Å². The maximum Gasteiger partial charge on any atom is 0.312 e. The van der Waals surface area contributed by atoms with E-state index in [1.807, 2.05) is 48.5 Å². The zero-order valence-electron chi connectivity index (χ0n) is 14.8. The van der Waals surface area contributed by atoms with Crippen molar-refractivity contribution in [1.82, 2.24) is 0 Å². The first-order valence-electron chi connectivity index (χ1n) is 9.00. The van der Waals surface area contributed by atoms with Crippen LogP contribution in [0.2, 0.25) is 0 Å². The van der Waals surface area contributed by atoms with E-state index in [-0.39, 0.29) is 24.1 Å². The quantitative estimate of drug-likeness (QED) is 0.539. The maximum atomic E-state index is 12.1. The number of hydrogen-bond donors (Lipinski definition) is 1. The van der Waals surface area contributed by atoms with Crippen LogP contribution in [0.15, 0.2) is 72.8 Å². The molecule has 0 saturated carbocycles. The van der Waals surface area contributed by atoms with Crippen LogP contribution >= 0.6 is 0 Å². The molecule has 4 rings (SSSR count). The fraction of sp³-hybridized carbons (Fsp3) is 0.174. The second kappa shape index (κ2) is 7.54. The highest BCUT2D eigenvalue weighted by Gasteiger charge is 2.30. The van der Waals surface area contributed by atoms with Crippen LogP contribution in [0.3, 0.4) is 0 Å². The number of rotatable bonds is 5. The van der Waals surface area contributed by atoms with E-state index in [9.17, 15) is 9.90 Å². The molecular formula is C23H20O4. The van der Waals surface area contributed by atoms with Crippen molar-refractivity contribution in [3.05, 3.63) is 89.5 Å². The average Bonchev–Trinajstić information content (AvgIpc) is 2.68. The third-order valence-corrected chi connectivity index (χ3v) is 4.75. The average molecular weight is 360 g/mol. The maximum absolute atomic E-state index is 12.1. The Morgan fingerprint density at radius 3 is 2.59 bits per heavy atom. The predicted octanol–water partition coefficient (Wildman–Crippen LogP) is 4.45. The predicted molar refractivity (Wildman–Crippen MR) is 102 cm³/mol. The molecule has 0 aromatic heterocycles. The van der Waals surface area contributed by atoms with Crippen molar-refractivity contribution in [3.63, 3.8) is 0 Å². The third-order valence-electron chi connectivity index (χ3n) is 4.75. The molecule has 1 N–H and O–H groups in total. The molecule has 0 aliphatic carbocycles. The van der Waals surface area contributed by atoms with Crippen molar-refractivity contribution in [2.75, 3.05) is 6.61 Å². The normalized spacial score (nSPS) is 15.7. The number of carbonyl (C=O) groups is 1. The number of esters is 1. The molecule has 4 heteroatoms. The second-order valence-corrected chi connectivity index (χ2v) is 6.57. The van der Waals surface area contributed by atoms with E-state index < -0.39 is 0 Å². The molecule has 0 radical (unpaired) electrons. The molecule has 1 heterocycles. The van der Waals surface area contributed by atoms with Gasteiger partial charge in [-0.1, -0.05) is 54.6 Å². The summed E-state index contributed by atoms with van der Waals surface area (Å²) in [6, 6.07) is 22.9. The molecule has 0 bridgehead atoms. The minimum absolute atomic E-state index is 0.0783. The molecule has 0 amide bonds. The number of benzene rings is 3. The van der Waals surface area contributed by atoms with E-state index in [0.717, 1.165) is 23.3 Å². The molecule has 0 spiro atoms. The first-order valence-corrected chi connectivity index (χ1v) is 9.00. The topological polar surface area (TPSA) is 55.8 Å². The minimum atomic E-state index is -0.308. The van der Waals surface area contributed by atoms with Crippen LogP contribution in [0.5, 0.6) is 17.2 Å². The molecular weight excluding hydrogens is 340 g/mol. The zero-order valence-corrected chi connectivity index (χ0v) is 14.8. The number of para-hydroxylation sites is 1. The summed E-state index contributed by atoms with van der Waals surface area (Å²) in [6.07, 6.45) is 1.06. The number of hydrogen-bond acceptors (Lipinski definition) is 4. The molecule has 136 valence electrons. The van der Waals surface area contributed by atoms with Gasteiger partial charge in [0.15, 0.2) is 0 Å². The van der Waals surface area contributed by atoms with Crippen LogP contribution in [0.25, 0.3) is 0 Å². The Bertz CT molecular complexity index is 950. The molecule has 3 aromatic rings. The Balaban J connectivity index is 1.59. The van der Waals surface area contributed by atoms with Gasteiger partial charge in [-0.15, -0.1) is 0 Å². The van der Waals surface area contributed by atoms with Crippen LogP contribution in [0, 0.1) is 0 Å². The van der Waals surface area contributed by atoms with Crippen molar-refractivity contribution in [2.45, 2.75) is 18.8 Å². The highest BCUT2D eigenvalue weighted by molar-refractivity contribution is 5.78. The monoisotopic (exact) mass is 360 g/mol. The molecule has 1 unspecified atom stereocenters. The molecule has 4 nitrogen and oxygen atoms in total. The van der Waals surface area contributed by atoms with Gasteiger partial charge in [-0.05, 0) is 17.7 Å². The van der Waals surface area contributed by atoms with Crippen LogP contribution in [-0.2, 0) is 11.2 Å². The Kier molecular flexibility index (Phi) is 4.79. The fourth-order valence-corrected chi connectivity index (χ4v) is 3.44. The van der Waals surface area contributed by atoms with Gasteiger partial charge in [0.25, 0.3) is 0 Å². The van der Waals surface area contributed by atoms with Gasteiger partial charge >= 0.3 is 5.97 Å². The number of ether oxygens (including phenoxy) is 2. The van der Waals surface area contributed by atoms with Gasteiger partial charge in [0, 0.05) is 29.5 Å². The molecule has 27 heavy (non-hydrogen) atoms. The van der Waals surface area contributed by atoms with E-state index in [1.165, 1.54) is 11.6 Å². The van der Waals surface area contributed by atoms with Crippen molar-refractivity contribution in [2.24, 2.45) is 0 Å². The number of phenolic OH excluding ortho intramolecular Hbond substituents is 1. The SMILES string of the molecule is O=C1CC(c2ccccc2OCCc2ccccc2)c2ccc(O)cc2O1. The number of fused-ring (bicyclic) bond motifs is 1. The van der Waals surface area contributed by atoms with Gasteiger partial charge in [0.1, 0.15) is 17.2 Å². The first kappa shape index (κ1) is 17.2. The lowest BCUT2D eigenvalue weighted by Crippen LogP contribution is -2.21. The van der Waals surface area contributed by atoms with Crippen molar-refractivity contribution in [1.29, 1.82) is 0 Å². The molecule has 1 aliphatic heterocycles. The lowest BCUT2D eigenvalue weighted by molar-refractivity contribution is -0.135. The number of aromatic hydroxyl groups is 1. The van der Waals surface area contributed by atoms with Crippen LogP contribution in [0.1, 0.15) is 29.0 Å². The van der Waals surface area contributed by atoms with Gasteiger partial charge < -0.3 is 14.6 Å². The summed E-state index contributed by atoms with van der Waals surface area (Å²) in [4.78, 5) is 12.1. The Morgan fingerprint density at radius 1 is 0.963 bits per heavy atom. The molecule has 1 atom stereocenters. The lowest BCUT2D eigenvalue weighted by atomic mass is 9.86. The van der Waals surface area contributed by atoms with Gasteiger partial charge in [-0.2, -0.15) is 0 Å². The van der Waals surface area contributed by atoms with Crippen molar-refractivity contribution >= 4 is 5.97 Å². The largest absolute Gasteiger partial charge is 0.508 e. The van der Waals surface area contributed by atoms with Crippen molar-refractivity contribution < 1.29 is 19.4 Å². The smallest absolute Gasteiger partial charge is 0.312 e. The summed E-state index contributed by atoms with van der Waals surface area (Å²) in [5.41, 5.74) is 3.05. The Morgan fingerprint density at radius 2 is 1.74 bits per heavy atom. The highest BCUT2D eigenvalue weighted by Crippen LogP contribution is 2.43.